The largest absolute Gasteiger partial charge is 0.497 e. The maximum atomic E-state index is 5.38. The molecule has 4 rings (SSSR count). The van der Waals surface area contributed by atoms with Crippen LogP contribution < -0.4 is 19.9 Å². The second-order valence-corrected chi connectivity index (χ2v) is 8.31. The third kappa shape index (κ3) is 5.43. The van der Waals surface area contributed by atoms with Crippen LogP contribution in [-0.4, -0.2) is 70.3 Å². The van der Waals surface area contributed by atoms with Gasteiger partial charge in [0.1, 0.15) is 5.75 Å². The summed E-state index contributed by atoms with van der Waals surface area (Å²) in [6.07, 6.45) is 1.18. The molecular formula is C25H35N5O. The lowest BCUT2D eigenvalue weighted by atomic mass is 10.1. The van der Waals surface area contributed by atoms with Gasteiger partial charge in [0.05, 0.1) is 7.11 Å². The van der Waals surface area contributed by atoms with Gasteiger partial charge in [0.2, 0.25) is 0 Å². The van der Waals surface area contributed by atoms with E-state index in [2.05, 4.69) is 75.5 Å². The lowest BCUT2D eigenvalue weighted by Gasteiger charge is -2.37. The molecule has 0 spiro atoms. The van der Waals surface area contributed by atoms with Gasteiger partial charge in [-0.05, 0) is 43.5 Å². The van der Waals surface area contributed by atoms with Gasteiger partial charge in [0, 0.05) is 69.8 Å². The normalized spacial score (nSPS) is 19.6. The zero-order chi connectivity index (χ0) is 21.5. The summed E-state index contributed by atoms with van der Waals surface area (Å²) in [4.78, 5) is 12.4. The molecule has 2 aromatic rings. The molecule has 6 heteroatoms. The molecule has 31 heavy (non-hydrogen) atoms. The number of rotatable bonds is 6. The molecule has 0 aliphatic carbocycles. The summed E-state index contributed by atoms with van der Waals surface area (Å²) < 4.78 is 5.38. The van der Waals surface area contributed by atoms with Crippen LogP contribution in [0.2, 0.25) is 0 Å². The second kappa shape index (κ2) is 10.4. The molecule has 2 aliphatic rings. The van der Waals surface area contributed by atoms with Crippen LogP contribution in [0, 0.1) is 5.92 Å². The topological polar surface area (TPSA) is 43.3 Å². The van der Waals surface area contributed by atoms with E-state index in [1.54, 1.807) is 7.11 Å². The fourth-order valence-electron chi connectivity index (χ4n) is 4.48. The van der Waals surface area contributed by atoms with Gasteiger partial charge in [-0.1, -0.05) is 24.3 Å². The average Bonchev–Trinajstić information content (AvgIpc) is 3.32. The summed E-state index contributed by atoms with van der Waals surface area (Å²) in [6.45, 7) is 10.1. The van der Waals surface area contributed by atoms with E-state index < -0.39 is 0 Å². The number of hydrogen-bond acceptors (Lipinski definition) is 4. The summed E-state index contributed by atoms with van der Waals surface area (Å²) in [5, 5.41) is 3.52. The lowest BCUT2D eigenvalue weighted by Crippen LogP contribution is -2.52. The maximum absolute atomic E-state index is 5.38. The highest BCUT2D eigenvalue weighted by molar-refractivity contribution is 5.80. The van der Waals surface area contributed by atoms with Crippen LogP contribution in [0.5, 0.6) is 5.75 Å². The minimum atomic E-state index is 0.588. The Morgan fingerprint density at radius 2 is 1.74 bits per heavy atom. The van der Waals surface area contributed by atoms with Crippen molar-refractivity contribution in [3.63, 3.8) is 0 Å². The zero-order valence-corrected chi connectivity index (χ0v) is 18.8. The third-order valence-electron chi connectivity index (χ3n) is 6.24. The maximum Gasteiger partial charge on any atom is 0.194 e. The van der Waals surface area contributed by atoms with Crippen LogP contribution in [0.1, 0.15) is 13.3 Å². The highest BCUT2D eigenvalue weighted by atomic mass is 16.5. The predicted molar refractivity (Wildman–Crippen MR) is 130 cm³/mol. The van der Waals surface area contributed by atoms with Crippen LogP contribution in [0.4, 0.5) is 11.4 Å². The highest BCUT2D eigenvalue weighted by Gasteiger charge is 2.24. The predicted octanol–water partition coefficient (Wildman–Crippen LogP) is 3.31. The van der Waals surface area contributed by atoms with Crippen molar-refractivity contribution >= 4 is 17.3 Å². The quantitative estimate of drug-likeness (QED) is 0.573. The molecule has 2 aromatic carbocycles. The van der Waals surface area contributed by atoms with Gasteiger partial charge in [-0.3, -0.25) is 4.99 Å². The summed E-state index contributed by atoms with van der Waals surface area (Å²) in [6, 6.07) is 19.1. The summed E-state index contributed by atoms with van der Waals surface area (Å²) in [5.74, 6) is 2.57. The Bertz CT molecular complexity index is 848. The van der Waals surface area contributed by atoms with Crippen molar-refractivity contribution in [1.29, 1.82) is 0 Å². The molecule has 2 aliphatic heterocycles. The number of methoxy groups -OCH3 is 1. The van der Waals surface area contributed by atoms with E-state index in [-0.39, 0.29) is 0 Å². The van der Waals surface area contributed by atoms with E-state index >= 15 is 0 Å². The number of anilines is 2. The fraction of sp³-hybridized carbons (Fsp3) is 0.480. The smallest absolute Gasteiger partial charge is 0.194 e. The van der Waals surface area contributed by atoms with Gasteiger partial charge in [-0.15, -0.1) is 0 Å². The van der Waals surface area contributed by atoms with Gasteiger partial charge >= 0.3 is 0 Å². The number of ether oxygens (including phenoxy) is 1. The molecule has 0 bridgehead atoms. The van der Waals surface area contributed by atoms with Crippen molar-refractivity contribution in [2.45, 2.75) is 13.3 Å². The van der Waals surface area contributed by atoms with E-state index in [1.807, 2.05) is 6.07 Å². The average molecular weight is 422 g/mol. The number of nitrogens with zero attached hydrogens (tertiary/aromatic N) is 4. The van der Waals surface area contributed by atoms with Gasteiger partial charge in [-0.25, -0.2) is 0 Å². The number of nitrogens with one attached hydrogen (secondary N) is 1. The Kier molecular flexibility index (Phi) is 7.18. The summed E-state index contributed by atoms with van der Waals surface area (Å²) in [7, 11) is 1.72. The molecule has 0 radical (unpaired) electrons. The molecule has 166 valence electrons. The number of guanidine groups is 1. The van der Waals surface area contributed by atoms with Crippen LogP contribution in [0.15, 0.2) is 59.6 Å². The highest BCUT2D eigenvalue weighted by Crippen LogP contribution is 2.27. The Morgan fingerprint density at radius 1 is 0.968 bits per heavy atom. The molecular weight excluding hydrogens is 386 g/mol. The van der Waals surface area contributed by atoms with E-state index in [4.69, 9.17) is 9.73 Å². The number of benzene rings is 2. The first-order valence-corrected chi connectivity index (χ1v) is 11.5. The first-order chi connectivity index (χ1) is 15.3. The summed E-state index contributed by atoms with van der Waals surface area (Å²) in [5.41, 5.74) is 2.56. The molecule has 1 atom stereocenters. The standard InChI is InChI=1S/C25H35N5O/c1-3-26-25(29-16-14-28(15-17-29)22-8-5-4-6-9-22)27-19-21-12-13-30(20-21)23-10-7-11-24(18-23)31-2/h4-11,18,21H,3,12-17,19-20H2,1-2H3,(H,26,27). The summed E-state index contributed by atoms with van der Waals surface area (Å²) >= 11 is 0. The molecule has 2 saturated heterocycles. The Balaban J connectivity index is 1.32. The molecule has 6 nitrogen and oxygen atoms in total. The van der Waals surface area contributed by atoms with E-state index in [0.717, 1.165) is 64.1 Å². The van der Waals surface area contributed by atoms with Gasteiger partial charge in [0.15, 0.2) is 5.96 Å². The van der Waals surface area contributed by atoms with Crippen LogP contribution >= 0.6 is 0 Å². The van der Waals surface area contributed by atoms with Crippen molar-refractivity contribution in [1.82, 2.24) is 10.2 Å². The van der Waals surface area contributed by atoms with Crippen molar-refractivity contribution in [3.8, 4) is 5.75 Å². The lowest BCUT2D eigenvalue weighted by molar-refractivity contribution is 0.371. The van der Waals surface area contributed by atoms with E-state index in [0.29, 0.717) is 5.92 Å². The number of piperazine rings is 1. The van der Waals surface area contributed by atoms with Crippen molar-refractivity contribution in [3.05, 3.63) is 54.6 Å². The molecule has 2 fully saturated rings. The monoisotopic (exact) mass is 421 g/mol. The van der Waals surface area contributed by atoms with Crippen LogP contribution in [0.25, 0.3) is 0 Å². The number of aliphatic imine (C=N–C) groups is 1. The Labute approximate surface area is 186 Å². The van der Waals surface area contributed by atoms with Crippen molar-refractivity contribution < 1.29 is 4.74 Å². The zero-order valence-electron chi connectivity index (χ0n) is 18.8. The van der Waals surface area contributed by atoms with Crippen molar-refractivity contribution in [2.75, 3.05) is 69.3 Å². The van der Waals surface area contributed by atoms with Gasteiger partial charge in [0.25, 0.3) is 0 Å². The molecule has 0 aromatic heterocycles. The van der Waals surface area contributed by atoms with E-state index in [1.165, 1.54) is 17.8 Å². The molecule has 0 amide bonds. The SMILES string of the molecule is CCNC(=NCC1CCN(c2cccc(OC)c2)C1)N1CCN(c2ccccc2)CC1. The van der Waals surface area contributed by atoms with Crippen molar-refractivity contribution in [2.24, 2.45) is 10.9 Å². The first kappa shape index (κ1) is 21.3. The second-order valence-electron chi connectivity index (χ2n) is 8.31. The minimum absolute atomic E-state index is 0.588. The third-order valence-corrected chi connectivity index (χ3v) is 6.24. The molecule has 0 saturated carbocycles. The molecule has 1 unspecified atom stereocenters. The number of para-hydroxylation sites is 1. The fourth-order valence-corrected chi connectivity index (χ4v) is 4.48. The Morgan fingerprint density at radius 3 is 2.48 bits per heavy atom. The first-order valence-electron chi connectivity index (χ1n) is 11.5. The van der Waals surface area contributed by atoms with Gasteiger partial charge in [-0.2, -0.15) is 0 Å². The Hall–Kier alpha value is -2.89. The van der Waals surface area contributed by atoms with Crippen LogP contribution in [0.3, 0.4) is 0 Å². The molecule has 2 heterocycles. The minimum Gasteiger partial charge on any atom is -0.497 e. The number of hydrogen-bond donors (Lipinski definition) is 1. The van der Waals surface area contributed by atoms with E-state index in [9.17, 15) is 0 Å². The van der Waals surface area contributed by atoms with Gasteiger partial charge < -0.3 is 24.8 Å². The van der Waals surface area contributed by atoms with Crippen LogP contribution in [-0.2, 0) is 0 Å². The molecule has 1 N–H and O–H groups in total.